The van der Waals surface area contributed by atoms with Crippen molar-refractivity contribution >= 4 is 5.95 Å². The minimum Gasteiger partial charge on any atom is -0.347 e. The summed E-state index contributed by atoms with van der Waals surface area (Å²) in [5.74, 6) is 0.748. The van der Waals surface area contributed by atoms with Crippen LogP contribution >= 0.6 is 0 Å². The van der Waals surface area contributed by atoms with E-state index in [2.05, 4.69) is 9.97 Å². The molecule has 0 radical (unpaired) electrons. The molecule has 0 saturated carbocycles. The van der Waals surface area contributed by atoms with Gasteiger partial charge in [0.1, 0.15) is 0 Å². The van der Waals surface area contributed by atoms with Gasteiger partial charge < -0.3 is 4.90 Å². The zero-order chi connectivity index (χ0) is 6.69. The van der Waals surface area contributed by atoms with Gasteiger partial charge in [-0.3, -0.25) is 0 Å². The number of rotatable bonds is 1. The van der Waals surface area contributed by atoms with E-state index in [-0.39, 0.29) is 0 Å². The molecule has 0 aromatic carbocycles. The standard InChI is InChI=1S/C6H9N3/c1-9(2)6-7-4-3-5-8-6/h3-5H,1-2H3. The lowest BCUT2D eigenvalue weighted by atomic mass is 10.7. The quantitative estimate of drug-likeness (QED) is 0.546. The van der Waals surface area contributed by atoms with Crippen LogP contribution in [0.5, 0.6) is 0 Å². The number of hydrogen-bond donors (Lipinski definition) is 0. The van der Waals surface area contributed by atoms with Crippen molar-refractivity contribution in [3.05, 3.63) is 18.5 Å². The fourth-order valence-corrected chi connectivity index (χ4v) is 0.522. The Balaban J connectivity index is 2.85. The molecule has 1 rings (SSSR count). The highest BCUT2D eigenvalue weighted by Crippen LogP contribution is 1.96. The molecule has 1 aromatic rings. The molecule has 0 unspecified atom stereocenters. The average Bonchev–Trinajstić information content (AvgIpc) is 1.90. The van der Waals surface area contributed by atoms with Gasteiger partial charge in [0.05, 0.1) is 0 Å². The second-order valence-corrected chi connectivity index (χ2v) is 1.94. The minimum atomic E-state index is 0.748. The van der Waals surface area contributed by atoms with Crippen molar-refractivity contribution in [2.75, 3.05) is 19.0 Å². The van der Waals surface area contributed by atoms with Gasteiger partial charge in [0, 0.05) is 26.5 Å². The zero-order valence-corrected chi connectivity index (χ0v) is 5.57. The van der Waals surface area contributed by atoms with Crippen LogP contribution in [0.4, 0.5) is 5.95 Å². The third-order valence-corrected chi connectivity index (χ3v) is 0.952. The van der Waals surface area contributed by atoms with E-state index in [0.717, 1.165) is 5.95 Å². The van der Waals surface area contributed by atoms with Gasteiger partial charge in [-0.15, -0.1) is 0 Å². The summed E-state index contributed by atoms with van der Waals surface area (Å²) in [6.45, 7) is 0. The Bertz CT molecular complexity index is 171. The lowest BCUT2D eigenvalue weighted by molar-refractivity contribution is 0.998. The molecule has 0 fully saturated rings. The van der Waals surface area contributed by atoms with Crippen LogP contribution in [0.3, 0.4) is 0 Å². The first-order valence-corrected chi connectivity index (χ1v) is 2.75. The van der Waals surface area contributed by atoms with Gasteiger partial charge in [-0.25, -0.2) is 9.97 Å². The molecule has 1 heterocycles. The van der Waals surface area contributed by atoms with Crippen LogP contribution in [0.1, 0.15) is 0 Å². The third-order valence-electron chi connectivity index (χ3n) is 0.952. The summed E-state index contributed by atoms with van der Waals surface area (Å²) in [5.41, 5.74) is 0. The van der Waals surface area contributed by atoms with Crippen molar-refractivity contribution in [2.45, 2.75) is 0 Å². The van der Waals surface area contributed by atoms with Gasteiger partial charge in [0.25, 0.3) is 0 Å². The van der Waals surface area contributed by atoms with Crippen molar-refractivity contribution in [3.8, 4) is 0 Å². The van der Waals surface area contributed by atoms with Crippen LogP contribution in [0.15, 0.2) is 18.5 Å². The monoisotopic (exact) mass is 123 g/mol. The van der Waals surface area contributed by atoms with E-state index in [0.29, 0.717) is 0 Å². The smallest absolute Gasteiger partial charge is 0.224 e. The highest BCUT2D eigenvalue weighted by Gasteiger charge is 1.91. The first-order valence-electron chi connectivity index (χ1n) is 2.75. The molecule has 0 N–H and O–H groups in total. The molecule has 1 aromatic heterocycles. The predicted molar refractivity (Wildman–Crippen MR) is 36.4 cm³/mol. The SMILES string of the molecule is CN(C)c1ncccn1. The zero-order valence-electron chi connectivity index (χ0n) is 5.57. The van der Waals surface area contributed by atoms with Gasteiger partial charge in [-0.2, -0.15) is 0 Å². The maximum Gasteiger partial charge on any atom is 0.224 e. The molecule has 3 nitrogen and oxygen atoms in total. The van der Waals surface area contributed by atoms with Gasteiger partial charge in [-0.05, 0) is 6.07 Å². The highest BCUT2D eigenvalue weighted by atomic mass is 15.2. The summed E-state index contributed by atoms with van der Waals surface area (Å²) in [5, 5.41) is 0. The second-order valence-electron chi connectivity index (χ2n) is 1.94. The fraction of sp³-hybridized carbons (Fsp3) is 0.333. The molecule has 48 valence electrons. The lowest BCUT2D eigenvalue weighted by Gasteiger charge is -2.06. The van der Waals surface area contributed by atoms with Gasteiger partial charge in [0.15, 0.2) is 0 Å². The Hall–Kier alpha value is -1.12. The number of aromatic nitrogens is 2. The minimum absolute atomic E-state index is 0.748. The maximum absolute atomic E-state index is 3.99. The average molecular weight is 123 g/mol. The van der Waals surface area contributed by atoms with E-state index >= 15 is 0 Å². The normalized spacial score (nSPS) is 9.11. The van der Waals surface area contributed by atoms with Crippen molar-refractivity contribution in [2.24, 2.45) is 0 Å². The first kappa shape index (κ1) is 6.01. The lowest BCUT2D eigenvalue weighted by Crippen LogP contribution is -2.11. The molecule has 0 amide bonds. The van der Waals surface area contributed by atoms with Gasteiger partial charge in [0.2, 0.25) is 5.95 Å². The summed E-state index contributed by atoms with van der Waals surface area (Å²) in [7, 11) is 3.82. The molecule has 0 bridgehead atoms. The highest BCUT2D eigenvalue weighted by molar-refractivity contribution is 5.23. The molecule has 0 aliphatic rings. The molecule has 0 spiro atoms. The molecule has 0 aliphatic heterocycles. The van der Waals surface area contributed by atoms with Crippen LogP contribution in [-0.2, 0) is 0 Å². The predicted octanol–water partition coefficient (Wildman–Crippen LogP) is 0.543. The molecule has 9 heavy (non-hydrogen) atoms. The Morgan fingerprint density at radius 1 is 1.22 bits per heavy atom. The van der Waals surface area contributed by atoms with Crippen LogP contribution in [0.25, 0.3) is 0 Å². The molecular weight excluding hydrogens is 114 g/mol. The van der Waals surface area contributed by atoms with Crippen LogP contribution in [0.2, 0.25) is 0 Å². The van der Waals surface area contributed by atoms with Crippen LogP contribution in [-0.4, -0.2) is 24.1 Å². The number of nitrogens with zero attached hydrogens (tertiary/aromatic N) is 3. The summed E-state index contributed by atoms with van der Waals surface area (Å²) in [4.78, 5) is 9.85. The topological polar surface area (TPSA) is 29.0 Å². The number of anilines is 1. The van der Waals surface area contributed by atoms with Crippen molar-refractivity contribution in [1.29, 1.82) is 0 Å². The molecule has 0 saturated heterocycles. The second kappa shape index (κ2) is 2.44. The van der Waals surface area contributed by atoms with Gasteiger partial charge in [-0.1, -0.05) is 0 Å². The van der Waals surface area contributed by atoms with E-state index in [1.54, 1.807) is 18.5 Å². The summed E-state index contributed by atoms with van der Waals surface area (Å²) >= 11 is 0. The van der Waals surface area contributed by atoms with Crippen molar-refractivity contribution in [3.63, 3.8) is 0 Å². The van der Waals surface area contributed by atoms with E-state index < -0.39 is 0 Å². The van der Waals surface area contributed by atoms with E-state index in [1.165, 1.54) is 0 Å². The molecule has 3 heteroatoms. The third kappa shape index (κ3) is 1.38. The van der Waals surface area contributed by atoms with E-state index in [4.69, 9.17) is 0 Å². The largest absolute Gasteiger partial charge is 0.347 e. The molecular formula is C6H9N3. The summed E-state index contributed by atoms with van der Waals surface area (Å²) in [6.07, 6.45) is 3.45. The summed E-state index contributed by atoms with van der Waals surface area (Å²) < 4.78 is 0. The Labute approximate surface area is 54.4 Å². The fourth-order valence-electron chi connectivity index (χ4n) is 0.522. The van der Waals surface area contributed by atoms with E-state index in [9.17, 15) is 0 Å². The van der Waals surface area contributed by atoms with Gasteiger partial charge >= 0.3 is 0 Å². The van der Waals surface area contributed by atoms with Crippen molar-refractivity contribution in [1.82, 2.24) is 9.97 Å². The first-order chi connectivity index (χ1) is 4.30. The van der Waals surface area contributed by atoms with Crippen LogP contribution < -0.4 is 4.90 Å². The Kier molecular flexibility index (Phi) is 1.63. The van der Waals surface area contributed by atoms with Crippen molar-refractivity contribution < 1.29 is 0 Å². The summed E-state index contributed by atoms with van der Waals surface area (Å²) in [6, 6.07) is 1.80. The molecule has 0 aliphatic carbocycles. The molecule has 0 atom stereocenters. The maximum atomic E-state index is 3.99. The van der Waals surface area contributed by atoms with E-state index in [1.807, 2.05) is 19.0 Å². The number of hydrogen-bond acceptors (Lipinski definition) is 3. The Morgan fingerprint density at radius 2 is 1.78 bits per heavy atom. The Morgan fingerprint density at radius 3 is 2.11 bits per heavy atom. The van der Waals surface area contributed by atoms with Crippen LogP contribution in [0, 0.1) is 0 Å².